The van der Waals surface area contributed by atoms with Crippen molar-refractivity contribution in [2.24, 2.45) is 0 Å². The molecule has 0 aliphatic rings. The van der Waals surface area contributed by atoms with E-state index in [4.69, 9.17) is 16.3 Å². The first kappa shape index (κ1) is 13.3. The van der Waals surface area contributed by atoms with E-state index in [0.717, 1.165) is 16.2 Å². The van der Waals surface area contributed by atoms with Gasteiger partial charge in [0.15, 0.2) is 5.82 Å². The number of benzene rings is 1. The highest BCUT2D eigenvalue weighted by Crippen LogP contribution is 2.33. The smallest absolute Gasteiger partial charge is 0.171 e. The minimum atomic E-state index is -0.411. The first-order valence-electron chi connectivity index (χ1n) is 5.85. The van der Waals surface area contributed by atoms with Gasteiger partial charge in [-0.05, 0) is 18.6 Å². The summed E-state index contributed by atoms with van der Waals surface area (Å²) in [7, 11) is 1.60. The largest absolute Gasteiger partial charge is 0.496 e. The summed E-state index contributed by atoms with van der Waals surface area (Å²) < 4.78 is 19.0. The van der Waals surface area contributed by atoms with E-state index in [-0.39, 0.29) is 10.5 Å². The Kier molecular flexibility index (Phi) is 3.31. The van der Waals surface area contributed by atoms with Crippen molar-refractivity contribution in [2.45, 2.75) is 6.92 Å². The molecule has 3 rings (SSSR count). The van der Waals surface area contributed by atoms with E-state index >= 15 is 0 Å². The fourth-order valence-corrected chi connectivity index (χ4v) is 2.99. The molecule has 1 aromatic carbocycles. The van der Waals surface area contributed by atoms with Crippen molar-refractivity contribution in [3.05, 3.63) is 40.1 Å². The van der Waals surface area contributed by atoms with Crippen LogP contribution in [0.5, 0.6) is 5.75 Å². The van der Waals surface area contributed by atoms with Gasteiger partial charge < -0.3 is 4.74 Å². The van der Waals surface area contributed by atoms with Crippen molar-refractivity contribution >= 4 is 33.8 Å². The summed E-state index contributed by atoms with van der Waals surface area (Å²) in [5.41, 5.74) is 1.39. The molecule has 0 saturated heterocycles. The summed E-state index contributed by atoms with van der Waals surface area (Å²) >= 11 is 7.56. The number of nitrogens with zero attached hydrogens (tertiary/aromatic N) is 2. The Labute approximate surface area is 124 Å². The Bertz CT molecular complexity index is 803. The van der Waals surface area contributed by atoms with Gasteiger partial charge in [-0.1, -0.05) is 17.7 Å². The number of halogens is 2. The van der Waals surface area contributed by atoms with Crippen LogP contribution in [-0.2, 0) is 0 Å². The van der Waals surface area contributed by atoms with Crippen LogP contribution in [0.2, 0.25) is 5.15 Å². The minimum Gasteiger partial charge on any atom is -0.496 e. The first-order chi connectivity index (χ1) is 9.60. The molecule has 0 atom stereocenters. The summed E-state index contributed by atoms with van der Waals surface area (Å²) in [6.45, 7) is 1.86. The Balaban J connectivity index is 2.26. The molecule has 0 amide bonds. The SMILES string of the molecule is COc1csc(-c2nc(Cl)c3c(F)ccc(C)c3n2)c1. The number of hydrogen-bond donors (Lipinski definition) is 0. The quantitative estimate of drug-likeness (QED) is 0.655. The van der Waals surface area contributed by atoms with E-state index in [9.17, 15) is 4.39 Å². The second kappa shape index (κ2) is 5.00. The highest BCUT2D eigenvalue weighted by atomic mass is 35.5. The highest BCUT2D eigenvalue weighted by Gasteiger charge is 2.14. The number of aromatic nitrogens is 2. The molecular weight excluding hydrogens is 299 g/mol. The summed E-state index contributed by atoms with van der Waals surface area (Å²) in [5.74, 6) is 0.802. The van der Waals surface area contributed by atoms with E-state index in [0.29, 0.717) is 11.3 Å². The summed E-state index contributed by atoms with van der Waals surface area (Å²) in [6, 6.07) is 4.89. The van der Waals surface area contributed by atoms with Crippen LogP contribution in [-0.4, -0.2) is 17.1 Å². The van der Waals surface area contributed by atoms with Crippen LogP contribution in [0.25, 0.3) is 21.6 Å². The number of rotatable bonds is 2. The lowest BCUT2D eigenvalue weighted by atomic mass is 10.1. The van der Waals surface area contributed by atoms with Gasteiger partial charge in [-0.2, -0.15) is 0 Å². The predicted molar refractivity (Wildman–Crippen MR) is 79.1 cm³/mol. The molecule has 3 nitrogen and oxygen atoms in total. The molecule has 0 bridgehead atoms. The fourth-order valence-electron chi connectivity index (χ4n) is 1.94. The van der Waals surface area contributed by atoms with Crippen LogP contribution in [0.3, 0.4) is 0 Å². The van der Waals surface area contributed by atoms with E-state index in [1.807, 2.05) is 18.4 Å². The third-order valence-corrected chi connectivity index (χ3v) is 4.17. The minimum absolute atomic E-state index is 0.124. The van der Waals surface area contributed by atoms with Gasteiger partial charge in [0.1, 0.15) is 16.7 Å². The second-order valence-corrected chi connectivity index (χ2v) is 5.55. The molecule has 0 aliphatic carbocycles. The Morgan fingerprint density at radius 3 is 2.80 bits per heavy atom. The van der Waals surface area contributed by atoms with Crippen molar-refractivity contribution in [1.29, 1.82) is 0 Å². The number of ether oxygens (including phenoxy) is 1. The van der Waals surface area contributed by atoms with Crippen LogP contribution in [0.4, 0.5) is 4.39 Å². The number of methoxy groups -OCH3 is 1. The molecule has 0 radical (unpaired) electrons. The second-order valence-electron chi connectivity index (χ2n) is 4.28. The molecule has 20 heavy (non-hydrogen) atoms. The molecule has 2 aromatic heterocycles. The number of fused-ring (bicyclic) bond motifs is 1. The van der Waals surface area contributed by atoms with E-state index in [2.05, 4.69) is 9.97 Å². The molecule has 3 aromatic rings. The van der Waals surface area contributed by atoms with E-state index in [1.54, 1.807) is 13.2 Å². The lowest BCUT2D eigenvalue weighted by Gasteiger charge is -2.06. The third kappa shape index (κ3) is 2.13. The molecule has 102 valence electrons. The van der Waals surface area contributed by atoms with Crippen LogP contribution in [0.15, 0.2) is 23.6 Å². The number of hydrogen-bond acceptors (Lipinski definition) is 4. The van der Waals surface area contributed by atoms with Gasteiger partial charge in [-0.15, -0.1) is 11.3 Å². The average molecular weight is 309 g/mol. The van der Waals surface area contributed by atoms with Crippen molar-refractivity contribution < 1.29 is 9.13 Å². The van der Waals surface area contributed by atoms with Crippen molar-refractivity contribution in [1.82, 2.24) is 9.97 Å². The normalized spacial score (nSPS) is 11.0. The van der Waals surface area contributed by atoms with Crippen molar-refractivity contribution in [2.75, 3.05) is 7.11 Å². The van der Waals surface area contributed by atoms with E-state index < -0.39 is 5.82 Å². The van der Waals surface area contributed by atoms with Crippen LogP contribution >= 0.6 is 22.9 Å². The fraction of sp³-hybridized carbons (Fsp3) is 0.143. The molecule has 0 fully saturated rings. The highest BCUT2D eigenvalue weighted by molar-refractivity contribution is 7.13. The summed E-state index contributed by atoms with van der Waals surface area (Å²) in [6.07, 6.45) is 0. The maximum atomic E-state index is 13.8. The molecule has 0 saturated carbocycles. The zero-order valence-corrected chi connectivity index (χ0v) is 12.3. The Hall–Kier alpha value is -1.72. The summed E-state index contributed by atoms with van der Waals surface area (Å²) in [5, 5.41) is 2.24. The van der Waals surface area contributed by atoms with Crippen LogP contribution in [0.1, 0.15) is 5.56 Å². The van der Waals surface area contributed by atoms with Gasteiger partial charge in [-0.3, -0.25) is 0 Å². The molecule has 0 aliphatic heterocycles. The molecule has 0 unspecified atom stereocenters. The molecule has 0 spiro atoms. The summed E-state index contributed by atoms with van der Waals surface area (Å²) in [4.78, 5) is 9.45. The Morgan fingerprint density at radius 2 is 2.10 bits per heavy atom. The third-order valence-electron chi connectivity index (χ3n) is 2.99. The van der Waals surface area contributed by atoms with Gasteiger partial charge >= 0.3 is 0 Å². The maximum absolute atomic E-state index is 13.8. The van der Waals surface area contributed by atoms with Gasteiger partial charge in [0.05, 0.1) is 22.9 Å². The van der Waals surface area contributed by atoms with Crippen molar-refractivity contribution in [3.63, 3.8) is 0 Å². The number of thiophene rings is 1. The van der Waals surface area contributed by atoms with Crippen LogP contribution < -0.4 is 4.74 Å². The van der Waals surface area contributed by atoms with Crippen molar-refractivity contribution in [3.8, 4) is 16.5 Å². The lowest BCUT2D eigenvalue weighted by molar-refractivity contribution is 0.417. The average Bonchev–Trinajstić information content (AvgIpc) is 2.91. The topological polar surface area (TPSA) is 35.0 Å². The van der Waals surface area contributed by atoms with Gasteiger partial charge in [0.2, 0.25) is 0 Å². The van der Waals surface area contributed by atoms with Gasteiger partial charge in [-0.25, -0.2) is 14.4 Å². The van der Waals surface area contributed by atoms with Crippen LogP contribution in [0, 0.1) is 12.7 Å². The first-order valence-corrected chi connectivity index (χ1v) is 7.11. The lowest BCUT2D eigenvalue weighted by Crippen LogP contribution is -1.94. The molecule has 6 heteroatoms. The van der Waals surface area contributed by atoms with E-state index in [1.165, 1.54) is 17.4 Å². The molecular formula is C14H10ClFN2OS. The zero-order chi connectivity index (χ0) is 14.3. The molecule has 2 heterocycles. The predicted octanol–water partition coefficient (Wildman–Crippen LogP) is 4.47. The Morgan fingerprint density at radius 1 is 1.30 bits per heavy atom. The van der Waals surface area contributed by atoms with Gasteiger partial charge in [0, 0.05) is 11.4 Å². The maximum Gasteiger partial charge on any atom is 0.171 e. The monoisotopic (exact) mass is 308 g/mol. The molecule has 0 N–H and O–H groups in total. The number of aryl methyl sites for hydroxylation is 1. The zero-order valence-electron chi connectivity index (χ0n) is 10.8. The van der Waals surface area contributed by atoms with Gasteiger partial charge in [0.25, 0.3) is 0 Å². The standard InChI is InChI=1S/C14H10ClFN2OS/c1-7-3-4-9(16)11-12(7)17-14(18-13(11)15)10-5-8(19-2)6-20-10/h3-6H,1-2H3.